The lowest BCUT2D eigenvalue weighted by atomic mass is 10.1. The van der Waals surface area contributed by atoms with Crippen LogP contribution >= 0.6 is 0 Å². The fraction of sp³-hybridized carbons (Fsp3) is 0.423. The molecule has 3 rings (SSSR count). The minimum atomic E-state index is -0.557. The first-order chi connectivity index (χ1) is 15.4. The molecule has 0 bridgehead atoms. The summed E-state index contributed by atoms with van der Waals surface area (Å²) >= 11 is 0. The van der Waals surface area contributed by atoms with Gasteiger partial charge in [0, 0.05) is 26.2 Å². The van der Waals surface area contributed by atoms with E-state index >= 15 is 0 Å². The topological polar surface area (TPSA) is 59.8 Å². The number of aromatic nitrogens is 2. The van der Waals surface area contributed by atoms with Crippen molar-refractivity contribution in [3.63, 3.8) is 0 Å². The Morgan fingerprint density at radius 1 is 1.06 bits per heavy atom. The van der Waals surface area contributed by atoms with E-state index in [1.807, 2.05) is 59.3 Å². The van der Waals surface area contributed by atoms with Crippen LogP contribution in [0.4, 0.5) is 0 Å². The predicted molar refractivity (Wildman–Crippen MR) is 128 cm³/mol. The molecule has 6 heteroatoms. The number of rotatable bonds is 11. The number of aliphatic hydroxyl groups excluding tert-OH is 1. The SMILES string of the molecule is CCc1nn(-c2ccccc2)c(Oc2ccc(C)cc2)c1CN(C[C@H](O)COC)C(C)C. The Morgan fingerprint density at radius 2 is 1.75 bits per heavy atom. The van der Waals surface area contributed by atoms with Crippen molar-refractivity contribution in [2.45, 2.75) is 52.8 Å². The van der Waals surface area contributed by atoms with Gasteiger partial charge in [0.05, 0.1) is 29.7 Å². The summed E-state index contributed by atoms with van der Waals surface area (Å²) in [5.41, 5.74) is 4.16. The maximum Gasteiger partial charge on any atom is 0.227 e. The van der Waals surface area contributed by atoms with Gasteiger partial charge in [-0.1, -0.05) is 42.8 Å². The Balaban J connectivity index is 2.04. The van der Waals surface area contributed by atoms with Crippen molar-refractivity contribution in [1.29, 1.82) is 0 Å². The average molecular weight is 438 g/mol. The number of hydrogen-bond acceptors (Lipinski definition) is 5. The summed E-state index contributed by atoms with van der Waals surface area (Å²) in [6.07, 6.45) is 0.226. The van der Waals surface area contributed by atoms with Crippen LogP contribution in [0.25, 0.3) is 5.69 Å². The third-order valence-electron chi connectivity index (χ3n) is 5.49. The summed E-state index contributed by atoms with van der Waals surface area (Å²) in [6, 6.07) is 18.3. The largest absolute Gasteiger partial charge is 0.439 e. The van der Waals surface area contributed by atoms with Crippen LogP contribution in [-0.4, -0.2) is 52.2 Å². The fourth-order valence-corrected chi connectivity index (χ4v) is 3.66. The molecule has 0 amide bonds. The molecule has 32 heavy (non-hydrogen) atoms. The van der Waals surface area contributed by atoms with Crippen LogP contribution in [-0.2, 0) is 17.7 Å². The smallest absolute Gasteiger partial charge is 0.227 e. The highest BCUT2D eigenvalue weighted by Crippen LogP contribution is 2.32. The second kappa shape index (κ2) is 11.3. The molecule has 0 radical (unpaired) electrons. The van der Waals surface area contributed by atoms with Crippen molar-refractivity contribution in [3.05, 3.63) is 71.4 Å². The highest BCUT2D eigenvalue weighted by Gasteiger charge is 2.24. The normalized spacial score (nSPS) is 12.5. The summed E-state index contributed by atoms with van der Waals surface area (Å²) in [7, 11) is 1.61. The molecular weight excluding hydrogens is 402 g/mol. The molecule has 0 aliphatic heterocycles. The van der Waals surface area contributed by atoms with Gasteiger partial charge in [0.15, 0.2) is 0 Å². The predicted octanol–water partition coefficient (Wildman–Crippen LogP) is 4.75. The highest BCUT2D eigenvalue weighted by atomic mass is 16.5. The quantitative estimate of drug-likeness (QED) is 0.469. The second-order valence-electron chi connectivity index (χ2n) is 8.38. The Morgan fingerprint density at radius 3 is 2.34 bits per heavy atom. The maximum absolute atomic E-state index is 10.4. The molecule has 172 valence electrons. The fourth-order valence-electron chi connectivity index (χ4n) is 3.66. The van der Waals surface area contributed by atoms with Crippen molar-refractivity contribution in [2.24, 2.45) is 0 Å². The molecule has 1 N–H and O–H groups in total. The first kappa shape index (κ1) is 24.0. The van der Waals surface area contributed by atoms with Gasteiger partial charge in [-0.25, -0.2) is 4.68 Å². The summed E-state index contributed by atoms with van der Waals surface area (Å²) in [4.78, 5) is 2.23. The van der Waals surface area contributed by atoms with Crippen molar-refractivity contribution in [2.75, 3.05) is 20.3 Å². The third-order valence-corrected chi connectivity index (χ3v) is 5.49. The number of nitrogens with zero attached hydrogens (tertiary/aromatic N) is 3. The van der Waals surface area contributed by atoms with Gasteiger partial charge >= 0.3 is 0 Å². The van der Waals surface area contributed by atoms with Crippen molar-refractivity contribution in [3.8, 4) is 17.3 Å². The number of hydrogen-bond donors (Lipinski definition) is 1. The first-order valence-corrected chi connectivity index (χ1v) is 11.2. The minimum absolute atomic E-state index is 0.235. The molecule has 0 unspecified atom stereocenters. The maximum atomic E-state index is 10.4. The van der Waals surface area contributed by atoms with E-state index in [4.69, 9.17) is 14.6 Å². The van der Waals surface area contributed by atoms with Crippen LogP contribution in [0.3, 0.4) is 0 Å². The number of benzene rings is 2. The Labute approximate surface area is 191 Å². The monoisotopic (exact) mass is 437 g/mol. The summed E-state index contributed by atoms with van der Waals surface area (Å²) in [6.45, 7) is 9.87. The van der Waals surface area contributed by atoms with Crippen LogP contribution in [0.15, 0.2) is 54.6 Å². The number of para-hydroxylation sites is 1. The van der Waals surface area contributed by atoms with Crippen molar-refractivity contribution >= 4 is 0 Å². The average Bonchev–Trinajstić information content (AvgIpc) is 3.12. The van der Waals surface area contributed by atoms with Crippen molar-refractivity contribution < 1.29 is 14.6 Å². The zero-order valence-corrected chi connectivity index (χ0v) is 19.8. The van der Waals surface area contributed by atoms with Crippen LogP contribution in [0, 0.1) is 6.92 Å². The third kappa shape index (κ3) is 5.97. The molecule has 1 aromatic heterocycles. The van der Waals surface area contributed by atoms with Gasteiger partial charge in [-0.3, -0.25) is 4.90 Å². The van der Waals surface area contributed by atoms with Gasteiger partial charge in [-0.15, -0.1) is 0 Å². The van der Waals surface area contributed by atoms with Crippen LogP contribution in [0.2, 0.25) is 0 Å². The molecule has 2 aromatic carbocycles. The number of aryl methyl sites for hydroxylation is 2. The molecule has 0 fully saturated rings. The summed E-state index contributed by atoms with van der Waals surface area (Å²) in [5.74, 6) is 1.48. The molecule has 0 spiro atoms. The Bertz CT molecular complexity index is 968. The van der Waals surface area contributed by atoms with Crippen molar-refractivity contribution in [1.82, 2.24) is 14.7 Å². The van der Waals surface area contributed by atoms with E-state index in [2.05, 4.69) is 32.6 Å². The lowest BCUT2D eigenvalue weighted by molar-refractivity contribution is 0.0277. The molecule has 0 saturated carbocycles. The van der Waals surface area contributed by atoms with Crippen LogP contribution < -0.4 is 4.74 Å². The van der Waals surface area contributed by atoms with E-state index in [1.54, 1.807) is 7.11 Å². The van der Waals surface area contributed by atoms with Crippen LogP contribution in [0.1, 0.15) is 37.6 Å². The molecular formula is C26H35N3O3. The lowest BCUT2D eigenvalue weighted by Gasteiger charge is -2.29. The van der Waals surface area contributed by atoms with Gasteiger partial charge < -0.3 is 14.6 Å². The first-order valence-electron chi connectivity index (χ1n) is 11.2. The van der Waals surface area contributed by atoms with E-state index in [0.717, 1.165) is 29.1 Å². The molecule has 0 saturated heterocycles. The van der Waals surface area contributed by atoms with Gasteiger partial charge in [0.2, 0.25) is 5.88 Å². The lowest BCUT2D eigenvalue weighted by Crippen LogP contribution is -2.38. The van der Waals surface area contributed by atoms with Gasteiger partial charge in [0.25, 0.3) is 0 Å². The van der Waals surface area contributed by atoms with E-state index in [-0.39, 0.29) is 6.04 Å². The molecule has 0 aliphatic carbocycles. The Hall–Kier alpha value is -2.67. The second-order valence-corrected chi connectivity index (χ2v) is 8.38. The zero-order chi connectivity index (χ0) is 23.1. The van der Waals surface area contributed by atoms with Gasteiger partial charge in [0.1, 0.15) is 5.75 Å². The number of methoxy groups -OCH3 is 1. The summed E-state index contributed by atoms with van der Waals surface area (Å²) in [5, 5.41) is 15.3. The van der Waals surface area contributed by atoms with Gasteiger partial charge in [-0.2, -0.15) is 5.10 Å². The number of ether oxygens (including phenoxy) is 2. The molecule has 0 aliphatic rings. The Kier molecular flexibility index (Phi) is 8.45. The molecule has 1 heterocycles. The molecule has 3 aromatic rings. The van der Waals surface area contributed by atoms with Gasteiger partial charge in [-0.05, 0) is 51.5 Å². The minimum Gasteiger partial charge on any atom is -0.439 e. The summed E-state index contributed by atoms with van der Waals surface area (Å²) < 4.78 is 13.5. The molecule has 1 atom stereocenters. The van der Waals surface area contributed by atoms with E-state index in [1.165, 1.54) is 5.56 Å². The molecule has 6 nitrogen and oxygen atoms in total. The number of aliphatic hydroxyl groups is 1. The van der Waals surface area contributed by atoms with Crippen LogP contribution in [0.5, 0.6) is 11.6 Å². The van der Waals surface area contributed by atoms with E-state index < -0.39 is 6.10 Å². The van der Waals surface area contributed by atoms with E-state index in [9.17, 15) is 5.11 Å². The standard InChI is InChI=1S/C26H35N3O3/c1-6-25-24(17-28(19(2)3)16-22(30)18-31-5)26(32-23-14-12-20(4)13-15-23)29(27-25)21-10-8-7-9-11-21/h7-15,19,22,30H,6,16-18H2,1-5H3/t22-/m0/s1. The zero-order valence-electron chi connectivity index (χ0n) is 19.8. The highest BCUT2D eigenvalue weighted by molar-refractivity contribution is 5.44. The van der Waals surface area contributed by atoms with E-state index in [0.29, 0.717) is 25.6 Å².